The average molecular weight is 335 g/mol. The van der Waals surface area contributed by atoms with Crippen LogP contribution in [0.25, 0.3) is 6.08 Å². The summed E-state index contributed by atoms with van der Waals surface area (Å²) in [4.78, 5) is 18.8. The maximum atomic E-state index is 12.0. The van der Waals surface area contributed by atoms with Gasteiger partial charge in [-0.15, -0.1) is 0 Å². The van der Waals surface area contributed by atoms with Crippen molar-refractivity contribution in [2.45, 2.75) is 26.7 Å². The van der Waals surface area contributed by atoms with Crippen molar-refractivity contribution in [3.8, 4) is 0 Å². The molecule has 1 saturated heterocycles. The van der Waals surface area contributed by atoms with Crippen LogP contribution in [0.2, 0.25) is 0 Å². The molecule has 1 amide bonds. The Morgan fingerprint density at radius 1 is 1.16 bits per heavy atom. The Kier molecular flexibility index (Phi) is 5.49. The molecule has 130 valence electrons. The molecular formula is C21H25N3O. The van der Waals surface area contributed by atoms with Crippen molar-refractivity contribution in [2.75, 3.05) is 23.3 Å². The molecule has 0 bridgehead atoms. The third kappa shape index (κ3) is 4.92. The van der Waals surface area contributed by atoms with E-state index >= 15 is 0 Å². The van der Waals surface area contributed by atoms with E-state index in [9.17, 15) is 4.79 Å². The fourth-order valence-electron chi connectivity index (χ4n) is 2.92. The van der Waals surface area contributed by atoms with E-state index in [-0.39, 0.29) is 5.91 Å². The highest BCUT2D eigenvalue weighted by Gasteiger charge is 2.16. The summed E-state index contributed by atoms with van der Waals surface area (Å²) in [6, 6.07) is 11.9. The lowest BCUT2D eigenvalue weighted by molar-refractivity contribution is -0.111. The Bertz CT molecular complexity index is 727. The molecule has 1 aromatic heterocycles. The Labute approximate surface area is 149 Å². The van der Waals surface area contributed by atoms with E-state index in [1.165, 1.54) is 18.4 Å². The molecule has 2 aromatic rings. The highest BCUT2D eigenvalue weighted by Crippen LogP contribution is 2.22. The minimum atomic E-state index is -0.151. The number of aromatic nitrogens is 1. The fraction of sp³-hybridized carbons (Fsp3) is 0.333. The highest BCUT2D eigenvalue weighted by molar-refractivity contribution is 6.01. The van der Waals surface area contributed by atoms with E-state index in [1.54, 1.807) is 12.3 Å². The number of aryl methyl sites for hydroxylation is 1. The van der Waals surface area contributed by atoms with Crippen LogP contribution in [0, 0.1) is 12.8 Å². The number of rotatable bonds is 4. The maximum absolute atomic E-state index is 12.0. The van der Waals surface area contributed by atoms with Crippen molar-refractivity contribution in [3.05, 3.63) is 59.8 Å². The molecule has 0 spiro atoms. The van der Waals surface area contributed by atoms with Crippen LogP contribution >= 0.6 is 0 Å². The standard InChI is InChI=1S/C21H25N3O/c1-16-3-5-18(6-4-16)7-10-21(25)23-19-8-9-20(22-15-19)24-13-11-17(2)12-14-24/h3-10,15,17H,11-14H2,1-2H3,(H,23,25)/b10-7+. The lowest BCUT2D eigenvalue weighted by Gasteiger charge is -2.31. The highest BCUT2D eigenvalue weighted by atomic mass is 16.1. The number of carbonyl (C=O) groups is 1. The van der Waals surface area contributed by atoms with E-state index < -0.39 is 0 Å². The first-order chi connectivity index (χ1) is 12.1. The zero-order valence-corrected chi connectivity index (χ0v) is 14.9. The summed E-state index contributed by atoms with van der Waals surface area (Å²) in [7, 11) is 0. The number of hydrogen-bond acceptors (Lipinski definition) is 3. The fourth-order valence-corrected chi connectivity index (χ4v) is 2.92. The van der Waals surface area contributed by atoms with Gasteiger partial charge in [0, 0.05) is 19.2 Å². The van der Waals surface area contributed by atoms with Crippen LogP contribution in [0.3, 0.4) is 0 Å². The van der Waals surface area contributed by atoms with E-state index in [1.807, 2.05) is 49.4 Å². The second-order valence-corrected chi connectivity index (χ2v) is 6.81. The number of nitrogens with zero attached hydrogens (tertiary/aromatic N) is 2. The summed E-state index contributed by atoms with van der Waals surface area (Å²) in [5.74, 6) is 1.64. The Morgan fingerprint density at radius 2 is 1.88 bits per heavy atom. The smallest absolute Gasteiger partial charge is 0.248 e. The van der Waals surface area contributed by atoms with Gasteiger partial charge in [0.2, 0.25) is 5.91 Å². The summed E-state index contributed by atoms with van der Waals surface area (Å²) >= 11 is 0. The number of anilines is 2. The predicted octanol–water partition coefficient (Wildman–Crippen LogP) is 4.28. The Morgan fingerprint density at radius 3 is 2.52 bits per heavy atom. The van der Waals surface area contributed by atoms with Gasteiger partial charge in [0.05, 0.1) is 11.9 Å². The van der Waals surface area contributed by atoms with Crippen molar-refractivity contribution in [1.82, 2.24) is 4.98 Å². The van der Waals surface area contributed by atoms with Gasteiger partial charge in [0.25, 0.3) is 0 Å². The molecule has 1 aliphatic heterocycles. The molecule has 2 heterocycles. The van der Waals surface area contributed by atoms with Crippen molar-refractivity contribution in [2.24, 2.45) is 5.92 Å². The van der Waals surface area contributed by atoms with Gasteiger partial charge in [-0.1, -0.05) is 36.8 Å². The largest absolute Gasteiger partial charge is 0.357 e. The van der Waals surface area contributed by atoms with Crippen molar-refractivity contribution < 1.29 is 4.79 Å². The molecule has 25 heavy (non-hydrogen) atoms. The van der Waals surface area contributed by atoms with E-state index in [4.69, 9.17) is 0 Å². The summed E-state index contributed by atoms with van der Waals surface area (Å²) in [6.45, 7) is 6.45. The third-order valence-electron chi connectivity index (χ3n) is 4.63. The summed E-state index contributed by atoms with van der Waals surface area (Å²) in [5.41, 5.74) is 2.93. The van der Waals surface area contributed by atoms with E-state index in [0.29, 0.717) is 5.69 Å². The van der Waals surface area contributed by atoms with Gasteiger partial charge < -0.3 is 10.2 Å². The molecule has 1 aromatic carbocycles. The molecule has 1 N–H and O–H groups in total. The summed E-state index contributed by atoms with van der Waals surface area (Å²) in [6.07, 6.45) is 7.51. The van der Waals surface area contributed by atoms with Crippen LogP contribution in [-0.2, 0) is 4.79 Å². The number of pyridine rings is 1. The quantitative estimate of drug-likeness (QED) is 0.848. The molecule has 3 rings (SSSR count). The number of carbonyl (C=O) groups excluding carboxylic acids is 1. The molecule has 0 saturated carbocycles. The number of hydrogen-bond donors (Lipinski definition) is 1. The molecule has 1 aliphatic rings. The molecule has 0 atom stereocenters. The number of piperidine rings is 1. The van der Waals surface area contributed by atoms with Gasteiger partial charge in [-0.2, -0.15) is 0 Å². The first-order valence-electron chi connectivity index (χ1n) is 8.87. The van der Waals surface area contributed by atoms with E-state index in [0.717, 1.165) is 30.4 Å². The molecule has 0 unspecified atom stereocenters. The van der Waals surface area contributed by atoms with Gasteiger partial charge in [0.15, 0.2) is 0 Å². The van der Waals surface area contributed by atoms with Crippen LogP contribution in [0.1, 0.15) is 30.9 Å². The molecule has 1 fully saturated rings. The first kappa shape index (κ1) is 17.2. The number of benzene rings is 1. The van der Waals surface area contributed by atoms with Crippen molar-refractivity contribution in [3.63, 3.8) is 0 Å². The Balaban J connectivity index is 1.55. The zero-order valence-electron chi connectivity index (χ0n) is 14.9. The van der Waals surface area contributed by atoms with Crippen LogP contribution < -0.4 is 10.2 Å². The van der Waals surface area contributed by atoms with Gasteiger partial charge in [0.1, 0.15) is 5.82 Å². The first-order valence-corrected chi connectivity index (χ1v) is 8.87. The van der Waals surface area contributed by atoms with Crippen LogP contribution in [0.15, 0.2) is 48.7 Å². The van der Waals surface area contributed by atoms with Crippen molar-refractivity contribution in [1.29, 1.82) is 0 Å². The minimum Gasteiger partial charge on any atom is -0.357 e. The number of nitrogens with one attached hydrogen (secondary N) is 1. The third-order valence-corrected chi connectivity index (χ3v) is 4.63. The lowest BCUT2D eigenvalue weighted by Crippen LogP contribution is -2.33. The molecule has 4 heteroatoms. The number of amides is 1. The second kappa shape index (κ2) is 7.97. The predicted molar refractivity (Wildman–Crippen MR) is 104 cm³/mol. The summed E-state index contributed by atoms with van der Waals surface area (Å²) in [5, 5.41) is 2.85. The van der Waals surface area contributed by atoms with E-state index in [2.05, 4.69) is 22.1 Å². The lowest BCUT2D eigenvalue weighted by atomic mass is 9.99. The molecule has 4 nitrogen and oxygen atoms in total. The van der Waals surface area contributed by atoms with Gasteiger partial charge in [-0.3, -0.25) is 4.79 Å². The van der Waals surface area contributed by atoms with Gasteiger partial charge in [-0.05, 0) is 49.5 Å². The topological polar surface area (TPSA) is 45.2 Å². The average Bonchev–Trinajstić information content (AvgIpc) is 2.63. The van der Waals surface area contributed by atoms with Crippen LogP contribution in [0.4, 0.5) is 11.5 Å². The van der Waals surface area contributed by atoms with Crippen LogP contribution in [-0.4, -0.2) is 24.0 Å². The maximum Gasteiger partial charge on any atom is 0.248 e. The van der Waals surface area contributed by atoms with Gasteiger partial charge >= 0.3 is 0 Å². The zero-order chi connectivity index (χ0) is 17.6. The minimum absolute atomic E-state index is 0.151. The summed E-state index contributed by atoms with van der Waals surface area (Å²) < 4.78 is 0. The second-order valence-electron chi connectivity index (χ2n) is 6.81. The molecular weight excluding hydrogens is 310 g/mol. The monoisotopic (exact) mass is 335 g/mol. The molecule has 0 aliphatic carbocycles. The normalized spacial score (nSPS) is 15.5. The van der Waals surface area contributed by atoms with Gasteiger partial charge in [-0.25, -0.2) is 4.98 Å². The molecule has 0 radical (unpaired) electrons. The van der Waals surface area contributed by atoms with Crippen molar-refractivity contribution >= 4 is 23.5 Å². The Hall–Kier alpha value is -2.62. The van der Waals surface area contributed by atoms with Crippen LogP contribution in [0.5, 0.6) is 0 Å². The SMILES string of the molecule is Cc1ccc(/C=C/C(=O)Nc2ccc(N3CCC(C)CC3)nc2)cc1.